The van der Waals surface area contributed by atoms with Crippen LogP contribution in [0, 0.1) is 6.92 Å². The zero-order valence-electron chi connectivity index (χ0n) is 20.4. The molecule has 0 aromatic heterocycles. The number of rotatable bonds is 8. The molecule has 1 saturated heterocycles. The number of aryl methyl sites for hydroxylation is 1. The van der Waals surface area contributed by atoms with Crippen molar-refractivity contribution in [3.05, 3.63) is 77.9 Å². The van der Waals surface area contributed by atoms with Crippen LogP contribution in [0.25, 0.3) is 0 Å². The van der Waals surface area contributed by atoms with E-state index in [-0.39, 0.29) is 4.90 Å². The molecule has 0 atom stereocenters. The van der Waals surface area contributed by atoms with Crippen molar-refractivity contribution in [2.75, 3.05) is 45.3 Å². The fourth-order valence-corrected chi connectivity index (χ4v) is 5.15. The average Bonchev–Trinajstić information content (AvgIpc) is 3.10. The van der Waals surface area contributed by atoms with Gasteiger partial charge in [-0.05, 0) is 67.4 Å². The van der Waals surface area contributed by atoms with Crippen LogP contribution in [0.3, 0.4) is 0 Å². The number of hydrogen-bond acceptors (Lipinski definition) is 7. The second kappa shape index (κ2) is 11.0. The van der Waals surface area contributed by atoms with E-state index in [1.807, 2.05) is 31.2 Å². The predicted octanol–water partition coefficient (Wildman–Crippen LogP) is 4.49. The Morgan fingerprint density at radius 3 is 2.20 bits per heavy atom. The summed E-state index contributed by atoms with van der Waals surface area (Å²) < 4.78 is 41.2. The number of hydrogen-bond donors (Lipinski definition) is 0. The number of ether oxygens (including phenoxy) is 2. The second-order valence-electron chi connectivity index (χ2n) is 8.65. The highest BCUT2D eigenvalue weighted by Gasteiger charge is 2.19. The molecule has 0 unspecified atom stereocenters. The second-order valence-corrected chi connectivity index (χ2v) is 10.2. The molecule has 8 heteroatoms. The number of methoxy groups -OCH3 is 2. The SMILES string of the molecule is COc1ccc(CN2CCCN(c3ccc(OS(=O)(=O)c4ccc(C)cc4)cc3)CC2)cc1OC. The van der Waals surface area contributed by atoms with Gasteiger partial charge in [-0.15, -0.1) is 0 Å². The largest absolute Gasteiger partial charge is 0.493 e. The summed E-state index contributed by atoms with van der Waals surface area (Å²) >= 11 is 0. The van der Waals surface area contributed by atoms with Crippen LogP contribution >= 0.6 is 0 Å². The number of anilines is 1. The quantitative estimate of drug-likeness (QED) is 0.426. The van der Waals surface area contributed by atoms with Gasteiger partial charge in [0, 0.05) is 38.4 Å². The lowest BCUT2D eigenvalue weighted by molar-refractivity contribution is 0.284. The first-order chi connectivity index (χ1) is 16.9. The Kier molecular flexibility index (Phi) is 7.83. The van der Waals surface area contributed by atoms with E-state index in [0.29, 0.717) is 5.75 Å². The summed E-state index contributed by atoms with van der Waals surface area (Å²) in [5.41, 5.74) is 3.23. The van der Waals surface area contributed by atoms with Crippen molar-refractivity contribution in [3.63, 3.8) is 0 Å². The molecule has 3 aromatic carbocycles. The monoisotopic (exact) mass is 496 g/mol. The summed E-state index contributed by atoms with van der Waals surface area (Å²) in [6, 6.07) is 20.0. The summed E-state index contributed by atoms with van der Waals surface area (Å²) in [4.78, 5) is 4.91. The molecule has 4 rings (SSSR count). The van der Waals surface area contributed by atoms with Crippen molar-refractivity contribution >= 4 is 15.8 Å². The van der Waals surface area contributed by atoms with Crippen LogP contribution in [-0.4, -0.2) is 53.7 Å². The maximum absolute atomic E-state index is 12.6. The van der Waals surface area contributed by atoms with Crippen molar-refractivity contribution < 1.29 is 22.1 Å². The van der Waals surface area contributed by atoms with Crippen LogP contribution in [0.1, 0.15) is 17.5 Å². The smallest absolute Gasteiger partial charge is 0.339 e. The van der Waals surface area contributed by atoms with E-state index in [0.717, 1.165) is 61.9 Å². The minimum Gasteiger partial charge on any atom is -0.493 e. The maximum Gasteiger partial charge on any atom is 0.339 e. The third-order valence-electron chi connectivity index (χ3n) is 6.16. The van der Waals surface area contributed by atoms with Gasteiger partial charge in [0.25, 0.3) is 0 Å². The van der Waals surface area contributed by atoms with Gasteiger partial charge in [-0.1, -0.05) is 23.8 Å². The molecule has 1 fully saturated rings. The third-order valence-corrected chi connectivity index (χ3v) is 7.42. The molecule has 7 nitrogen and oxygen atoms in total. The Labute approximate surface area is 208 Å². The normalized spacial score (nSPS) is 14.9. The van der Waals surface area contributed by atoms with Crippen LogP contribution in [0.5, 0.6) is 17.2 Å². The fraction of sp³-hybridized carbons (Fsp3) is 0.333. The van der Waals surface area contributed by atoms with Gasteiger partial charge in [0.1, 0.15) is 10.6 Å². The first-order valence-corrected chi connectivity index (χ1v) is 13.1. The third kappa shape index (κ3) is 6.26. The molecule has 0 saturated carbocycles. The van der Waals surface area contributed by atoms with E-state index in [1.54, 1.807) is 50.6 Å². The van der Waals surface area contributed by atoms with Crippen LogP contribution in [0.15, 0.2) is 71.6 Å². The molecule has 35 heavy (non-hydrogen) atoms. The van der Waals surface area contributed by atoms with Crippen molar-refractivity contribution in [1.29, 1.82) is 0 Å². The predicted molar refractivity (Wildman–Crippen MR) is 137 cm³/mol. The van der Waals surface area contributed by atoms with E-state index < -0.39 is 10.1 Å². The molecule has 1 heterocycles. The number of nitrogens with zero attached hydrogens (tertiary/aromatic N) is 2. The summed E-state index contributed by atoms with van der Waals surface area (Å²) in [7, 11) is -0.563. The van der Waals surface area contributed by atoms with Crippen molar-refractivity contribution in [2.24, 2.45) is 0 Å². The molecule has 0 amide bonds. The number of benzene rings is 3. The highest BCUT2D eigenvalue weighted by Crippen LogP contribution is 2.28. The van der Waals surface area contributed by atoms with Gasteiger partial charge < -0.3 is 18.6 Å². The summed E-state index contributed by atoms with van der Waals surface area (Å²) in [6.07, 6.45) is 1.04. The summed E-state index contributed by atoms with van der Waals surface area (Å²) in [5.74, 6) is 1.78. The standard InChI is InChI=1S/C27H32N2O5S/c1-21-5-12-25(13-6-21)35(30,31)34-24-10-8-23(9-11-24)29-16-4-15-28(17-18-29)20-22-7-14-26(32-2)27(19-22)33-3/h5-14,19H,4,15-18,20H2,1-3H3. The Hall–Kier alpha value is -3.23. The van der Waals surface area contributed by atoms with Crippen LogP contribution in [-0.2, 0) is 16.7 Å². The van der Waals surface area contributed by atoms with Crippen LogP contribution < -0.4 is 18.6 Å². The molecule has 0 bridgehead atoms. The molecule has 0 radical (unpaired) electrons. The molecule has 186 valence electrons. The Bertz CT molecular complexity index is 1230. The van der Waals surface area contributed by atoms with Gasteiger partial charge in [0.2, 0.25) is 0 Å². The van der Waals surface area contributed by atoms with Crippen LogP contribution in [0.2, 0.25) is 0 Å². The van der Waals surface area contributed by atoms with Gasteiger partial charge in [-0.3, -0.25) is 4.90 Å². The van der Waals surface area contributed by atoms with Gasteiger partial charge in [0.05, 0.1) is 14.2 Å². The molecular formula is C27H32N2O5S. The summed E-state index contributed by atoms with van der Waals surface area (Å²) in [6.45, 7) is 6.50. The van der Waals surface area contributed by atoms with Gasteiger partial charge in [-0.2, -0.15) is 8.42 Å². The van der Waals surface area contributed by atoms with Gasteiger partial charge in [0.15, 0.2) is 11.5 Å². The molecule has 0 aliphatic carbocycles. The Balaban J connectivity index is 1.36. The lowest BCUT2D eigenvalue weighted by Gasteiger charge is -2.24. The van der Waals surface area contributed by atoms with Crippen molar-refractivity contribution in [1.82, 2.24) is 4.90 Å². The molecule has 1 aliphatic rings. The highest BCUT2D eigenvalue weighted by atomic mass is 32.2. The minimum atomic E-state index is -3.86. The van der Waals surface area contributed by atoms with E-state index in [1.165, 1.54) is 5.56 Å². The van der Waals surface area contributed by atoms with Crippen LogP contribution in [0.4, 0.5) is 5.69 Å². The van der Waals surface area contributed by atoms with E-state index in [2.05, 4.69) is 15.9 Å². The van der Waals surface area contributed by atoms with Gasteiger partial charge >= 0.3 is 10.1 Å². The topological polar surface area (TPSA) is 68.3 Å². The average molecular weight is 497 g/mol. The van der Waals surface area contributed by atoms with Gasteiger partial charge in [-0.25, -0.2) is 0 Å². The van der Waals surface area contributed by atoms with E-state index in [9.17, 15) is 8.42 Å². The van der Waals surface area contributed by atoms with E-state index in [4.69, 9.17) is 13.7 Å². The first-order valence-electron chi connectivity index (χ1n) is 11.7. The molecule has 0 spiro atoms. The maximum atomic E-state index is 12.6. The Morgan fingerprint density at radius 1 is 0.800 bits per heavy atom. The lowest BCUT2D eigenvalue weighted by Crippen LogP contribution is -2.30. The fourth-order valence-electron chi connectivity index (χ4n) is 4.22. The zero-order chi connectivity index (χ0) is 24.8. The Morgan fingerprint density at radius 2 is 1.51 bits per heavy atom. The molecule has 0 N–H and O–H groups in total. The lowest BCUT2D eigenvalue weighted by atomic mass is 10.2. The highest BCUT2D eigenvalue weighted by molar-refractivity contribution is 7.87. The molecule has 1 aliphatic heterocycles. The van der Waals surface area contributed by atoms with Crippen molar-refractivity contribution in [3.8, 4) is 17.2 Å². The zero-order valence-corrected chi connectivity index (χ0v) is 21.3. The van der Waals surface area contributed by atoms with Crippen molar-refractivity contribution in [2.45, 2.75) is 24.8 Å². The molecule has 3 aromatic rings. The van der Waals surface area contributed by atoms with E-state index >= 15 is 0 Å². The minimum absolute atomic E-state index is 0.147. The first kappa shape index (κ1) is 24.9. The molecular weight excluding hydrogens is 464 g/mol. The summed E-state index contributed by atoms with van der Waals surface area (Å²) in [5, 5.41) is 0.